The van der Waals surface area contributed by atoms with Crippen molar-refractivity contribution in [2.24, 2.45) is 0 Å². The number of hydrogen-bond donors (Lipinski definition) is 0. The van der Waals surface area contributed by atoms with Crippen molar-refractivity contribution in [2.75, 3.05) is 0 Å². The van der Waals surface area contributed by atoms with Crippen LogP contribution in [0.3, 0.4) is 0 Å². The molecule has 4 rings (SSSR count). The Labute approximate surface area is 137 Å². The molecule has 0 radical (unpaired) electrons. The Bertz CT molecular complexity index is 957. The Balaban J connectivity index is 1.99. The number of fused-ring (bicyclic) bond motifs is 1. The minimum absolute atomic E-state index is 0.0927. The highest BCUT2D eigenvalue weighted by molar-refractivity contribution is 6.33. The molecule has 2 heterocycles. The molecule has 112 valence electrons. The van der Waals surface area contributed by atoms with Crippen LogP contribution < -0.4 is 0 Å². The van der Waals surface area contributed by atoms with E-state index in [1.807, 2.05) is 34.9 Å². The lowest BCUT2D eigenvalue weighted by Gasteiger charge is -2.17. The minimum atomic E-state index is -0.189. The van der Waals surface area contributed by atoms with Crippen LogP contribution >= 0.6 is 11.6 Å². The second-order valence-corrected chi connectivity index (χ2v) is 5.72. The molecule has 1 unspecified atom stereocenters. The molecule has 1 aliphatic rings. The monoisotopic (exact) mass is 321 g/mol. The molecule has 3 aromatic rings. The summed E-state index contributed by atoms with van der Waals surface area (Å²) >= 11 is 6.33. The molecule has 0 saturated heterocycles. The quantitative estimate of drug-likeness (QED) is 0.722. The van der Waals surface area contributed by atoms with Crippen molar-refractivity contribution < 1.29 is 4.79 Å². The summed E-state index contributed by atoms with van der Waals surface area (Å²) in [5, 5.41) is 1.57. The summed E-state index contributed by atoms with van der Waals surface area (Å²) in [6, 6.07) is 11.9. The van der Waals surface area contributed by atoms with Gasteiger partial charge in [0.25, 0.3) is 0 Å². The van der Waals surface area contributed by atoms with Gasteiger partial charge >= 0.3 is 0 Å². The van der Waals surface area contributed by atoms with Gasteiger partial charge in [0.1, 0.15) is 0 Å². The maximum Gasteiger partial charge on any atom is 0.234 e. The van der Waals surface area contributed by atoms with E-state index in [0.717, 1.165) is 16.6 Å². The number of allylic oxidation sites excluding steroid dienone is 4. The third-order valence-corrected chi connectivity index (χ3v) is 4.18. The maximum absolute atomic E-state index is 11.5. The summed E-state index contributed by atoms with van der Waals surface area (Å²) in [6.45, 7) is 0. The number of ketones is 1. The molecule has 23 heavy (non-hydrogen) atoms. The van der Waals surface area contributed by atoms with Gasteiger partial charge in [0, 0.05) is 34.6 Å². The highest BCUT2D eigenvalue weighted by atomic mass is 35.5. The zero-order chi connectivity index (χ0) is 15.8. The van der Waals surface area contributed by atoms with Gasteiger partial charge in [-0.2, -0.15) is 0 Å². The van der Waals surface area contributed by atoms with Crippen LogP contribution in [0.25, 0.3) is 16.9 Å². The summed E-state index contributed by atoms with van der Waals surface area (Å²) < 4.78 is 1.98. The number of aromatic nitrogens is 3. The molecule has 1 aliphatic carbocycles. The molecule has 0 aliphatic heterocycles. The first kappa shape index (κ1) is 13.9. The number of benzene rings is 1. The number of rotatable bonds is 2. The second kappa shape index (κ2) is 5.48. The van der Waals surface area contributed by atoms with Gasteiger partial charge in [-0.1, -0.05) is 35.9 Å². The van der Waals surface area contributed by atoms with Gasteiger partial charge in [0.2, 0.25) is 5.95 Å². The summed E-state index contributed by atoms with van der Waals surface area (Å²) in [7, 11) is 0. The van der Waals surface area contributed by atoms with E-state index in [4.69, 9.17) is 11.6 Å². The largest absolute Gasteiger partial charge is 0.290 e. The third kappa shape index (κ3) is 2.37. The lowest BCUT2D eigenvalue weighted by molar-refractivity contribution is -0.110. The summed E-state index contributed by atoms with van der Waals surface area (Å²) in [4.78, 5) is 20.2. The molecule has 0 bridgehead atoms. The van der Waals surface area contributed by atoms with Crippen LogP contribution in [0.5, 0.6) is 0 Å². The van der Waals surface area contributed by atoms with E-state index in [2.05, 4.69) is 16.0 Å². The predicted molar refractivity (Wildman–Crippen MR) is 89.7 cm³/mol. The molecule has 1 aromatic carbocycles. The third-order valence-electron chi connectivity index (χ3n) is 3.84. The molecule has 4 nitrogen and oxygen atoms in total. The molecule has 5 heteroatoms. The Kier molecular flexibility index (Phi) is 3.32. The zero-order valence-electron chi connectivity index (χ0n) is 12.1. The molecule has 0 saturated carbocycles. The van der Waals surface area contributed by atoms with Gasteiger partial charge < -0.3 is 0 Å². The average molecular weight is 322 g/mol. The molecule has 0 N–H and O–H groups in total. The van der Waals surface area contributed by atoms with E-state index >= 15 is 0 Å². The van der Waals surface area contributed by atoms with Crippen LogP contribution in [0.4, 0.5) is 0 Å². The van der Waals surface area contributed by atoms with Crippen molar-refractivity contribution in [1.82, 2.24) is 14.5 Å². The first-order valence-electron chi connectivity index (χ1n) is 7.21. The lowest BCUT2D eigenvalue weighted by Crippen LogP contribution is -2.11. The first-order valence-corrected chi connectivity index (χ1v) is 7.59. The van der Waals surface area contributed by atoms with E-state index < -0.39 is 0 Å². The van der Waals surface area contributed by atoms with Crippen molar-refractivity contribution in [3.63, 3.8) is 0 Å². The number of halogens is 1. The van der Waals surface area contributed by atoms with E-state index in [1.165, 1.54) is 6.08 Å². The van der Waals surface area contributed by atoms with Gasteiger partial charge in [-0.25, -0.2) is 9.97 Å². The maximum atomic E-state index is 11.5. The molecule has 0 amide bonds. The number of hydrogen-bond acceptors (Lipinski definition) is 3. The van der Waals surface area contributed by atoms with Gasteiger partial charge in [-0.05, 0) is 24.3 Å². The van der Waals surface area contributed by atoms with E-state index in [9.17, 15) is 4.79 Å². The number of carbonyl (C=O) groups excluding carboxylic acids is 1. The molecule has 2 aromatic heterocycles. The molecular weight excluding hydrogens is 310 g/mol. The minimum Gasteiger partial charge on any atom is -0.290 e. The Morgan fingerprint density at radius 2 is 1.87 bits per heavy atom. The van der Waals surface area contributed by atoms with Crippen molar-refractivity contribution in [1.29, 1.82) is 0 Å². The van der Waals surface area contributed by atoms with Crippen LogP contribution in [-0.2, 0) is 4.79 Å². The standard InChI is InChI=1S/C18H12ClN3O/c19-15-11-13(23)6-7-14(15)17-10-12-4-1-2-5-16(12)22(17)18-20-8-3-9-21-18/h1-11,14H. The van der Waals surface area contributed by atoms with Crippen LogP contribution in [-0.4, -0.2) is 20.3 Å². The van der Waals surface area contributed by atoms with Crippen molar-refractivity contribution in [2.45, 2.75) is 5.92 Å². The van der Waals surface area contributed by atoms with Crippen LogP contribution in [0, 0.1) is 0 Å². The van der Waals surface area contributed by atoms with Gasteiger partial charge in [-0.3, -0.25) is 9.36 Å². The lowest BCUT2D eigenvalue weighted by atomic mass is 9.98. The SMILES string of the molecule is O=C1C=CC(c2cc3ccccc3n2-c2ncccn2)C(Cl)=C1. The van der Waals surface area contributed by atoms with Crippen molar-refractivity contribution in [3.8, 4) is 5.95 Å². The fourth-order valence-corrected chi connectivity index (χ4v) is 3.12. The first-order chi connectivity index (χ1) is 11.2. The molecule has 0 spiro atoms. The number of carbonyl (C=O) groups is 1. The summed E-state index contributed by atoms with van der Waals surface area (Å²) in [5.41, 5.74) is 1.94. The highest BCUT2D eigenvalue weighted by Crippen LogP contribution is 2.35. The summed E-state index contributed by atoms with van der Waals surface area (Å²) in [6.07, 6.45) is 8.24. The topological polar surface area (TPSA) is 47.8 Å². The molecule has 0 fully saturated rings. The van der Waals surface area contributed by atoms with Crippen molar-refractivity contribution >= 4 is 28.3 Å². The van der Waals surface area contributed by atoms with Crippen LogP contribution in [0.15, 0.2) is 72.1 Å². The normalized spacial score (nSPS) is 17.5. The Morgan fingerprint density at radius 3 is 2.65 bits per heavy atom. The zero-order valence-corrected chi connectivity index (χ0v) is 12.8. The summed E-state index contributed by atoms with van der Waals surface area (Å²) in [5.74, 6) is 0.300. The van der Waals surface area contributed by atoms with Gasteiger partial charge in [-0.15, -0.1) is 0 Å². The van der Waals surface area contributed by atoms with E-state index in [-0.39, 0.29) is 11.7 Å². The molecule has 1 atom stereocenters. The number of para-hydroxylation sites is 1. The number of nitrogens with zero attached hydrogens (tertiary/aromatic N) is 3. The van der Waals surface area contributed by atoms with Gasteiger partial charge in [0.15, 0.2) is 5.78 Å². The van der Waals surface area contributed by atoms with Crippen molar-refractivity contribution in [3.05, 3.63) is 77.7 Å². The van der Waals surface area contributed by atoms with Crippen LogP contribution in [0.2, 0.25) is 0 Å². The smallest absolute Gasteiger partial charge is 0.234 e. The molecular formula is C18H12ClN3O. The average Bonchev–Trinajstić information content (AvgIpc) is 2.94. The fraction of sp³-hybridized carbons (Fsp3) is 0.0556. The fourth-order valence-electron chi connectivity index (χ4n) is 2.83. The Hall–Kier alpha value is -2.72. The predicted octanol–water partition coefficient (Wildman–Crippen LogP) is 3.77. The highest BCUT2D eigenvalue weighted by Gasteiger charge is 2.23. The van der Waals surface area contributed by atoms with E-state index in [0.29, 0.717) is 11.0 Å². The Morgan fingerprint density at radius 1 is 1.09 bits per heavy atom. The second-order valence-electron chi connectivity index (χ2n) is 5.28. The van der Waals surface area contributed by atoms with Gasteiger partial charge in [0.05, 0.1) is 11.4 Å². The van der Waals surface area contributed by atoms with E-state index in [1.54, 1.807) is 24.5 Å². The van der Waals surface area contributed by atoms with Crippen LogP contribution in [0.1, 0.15) is 11.6 Å².